The van der Waals surface area contributed by atoms with Crippen molar-refractivity contribution in [2.75, 3.05) is 0 Å². The maximum atomic E-state index is 13.0. The summed E-state index contributed by atoms with van der Waals surface area (Å²) < 4.78 is 0. The normalized spacial score (nSPS) is 48.7. The zero-order valence-corrected chi connectivity index (χ0v) is 13.2. The fraction of sp³-hybridized carbons (Fsp3) is 0.889. The van der Waals surface area contributed by atoms with Crippen molar-refractivity contribution >= 4 is 5.91 Å². The summed E-state index contributed by atoms with van der Waals surface area (Å²) in [6.07, 6.45) is 9.25. The molecular formula is C18H26N2O. The van der Waals surface area contributed by atoms with E-state index in [4.69, 9.17) is 0 Å². The second-order valence-corrected chi connectivity index (χ2v) is 9.33. The second-order valence-electron chi connectivity index (χ2n) is 9.33. The molecule has 5 saturated carbocycles. The summed E-state index contributed by atoms with van der Waals surface area (Å²) in [5.74, 6) is 1.34. The molecule has 0 aromatic carbocycles. The van der Waals surface area contributed by atoms with Crippen LogP contribution < -0.4 is 5.32 Å². The van der Waals surface area contributed by atoms with Gasteiger partial charge in [0.15, 0.2) is 0 Å². The number of hydrogen-bond donors (Lipinski definition) is 1. The molecule has 3 nitrogen and oxygen atoms in total. The number of hydrogen-bond acceptors (Lipinski definition) is 2. The van der Waals surface area contributed by atoms with E-state index in [0.717, 1.165) is 38.0 Å². The van der Waals surface area contributed by atoms with Gasteiger partial charge in [0.25, 0.3) is 0 Å². The van der Waals surface area contributed by atoms with Gasteiger partial charge in [0.2, 0.25) is 5.91 Å². The first-order valence-electron chi connectivity index (χ1n) is 8.56. The van der Waals surface area contributed by atoms with Gasteiger partial charge >= 0.3 is 0 Å². The Kier molecular flexibility index (Phi) is 2.61. The van der Waals surface area contributed by atoms with Crippen LogP contribution in [0.25, 0.3) is 0 Å². The van der Waals surface area contributed by atoms with E-state index in [2.05, 4.69) is 25.2 Å². The summed E-state index contributed by atoms with van der Waals surface area (Å²) in [5, 5.41) is 12.4. The van der Waals surface area contributed by atoms with E-state index < -0.39 is 0 Å². The van der Waals surface area contributed by atoms with Crippen LogP contribution in [-0.2, 0) is 4.79 Å². The van der Waals surface area contributed by atoms with Crippen molar-refractivity contribution in [3.8, 4) is 6.07 Å². The van der Waals surface area contributed by atoms with E-state index in [0.29, 0.717) is 16.7 Å². The van der Waals surface area contributed by atoms with E-state index in [1.54, 1.807) is 0 Å². The summed E-state index contributed by atoms with van der Waals surface area (Å²) in [5.41, 5.74) is 0.535. The molecule has 5 fully saturated rings. The number of rotatable bonds is 3. The van der Waals surface area contributed by atoms with E-state index in [1.165, 1.54) is 19.3 Å². The lowest BCUT2D eigenvalue weighted by Crippen LogP contribution is -2.60. The molecule has 114 valence electrons. The number of nitrogens with zero attached hydrogens (tertiary/aromatic N) is 1. The van der Waals surface area contributed by atoms with E-state index >= 15 is 0 Å². The maximum absolute atomic E-state index is 13.0. The molecule has 0 spiro atoms. The predicted molar refractivity (Wildman–Crippen MR) is 80.1 cm³/mol. The van der Waals surface area contributed by atoms with Gasteiger partial charge in [0.05, 0.1) is 11.5 Å². The molecule has 0 aromatic heterocycles. The molecule has 3 heteroatoms. The van der Waals surface area contributed by atoms with Crippen molar-refractivity contribution < 1.29 is 4.79 Å². The molecule has 1 N–H and O–H groups in total. The Morgan fingerprint density at radius 2 is 1.76 bits per heavy atom. The Labute approximate surface area is 127 Å². The van der Waals surface area contributed by atoms with Gasteiger partial charge in [-0.2, -0.15) is 5.26 Å². The average molecular weight is 286 g/mol. The van der Waals surface area contributed by atoms with Crippen molar-refractivity contribution in [1.29, 1.82) is 5.26 Å². The largest absolute Gasteiger partial charge is 0.340 e. The quantitative estimate of drug-likeness (QED) is 0.864. The smallest absolute Gasteiger partial charge is 0.227 e. The van der Waals surface area contributed by atoms with Gasteiger partial charge in [-0.1, -0.05) is 13.8 Å². The first kappa shape index (κ1) is 13.6. The van der Waals surface area contributed by atoms with Gasteiger partial charge in [-0.25, -0.2) is 0 Å². The van der Waals surface area contributed by atoms with Gasteiger partial charge in [-0.3, -0.25) is 4.79 Å². The molecule has 21 heavy (non-hydrogen) atoms. The Balaban J connectivity index is 1.59. The molecule has 0 aliphatic heterocycles. The average Bonchev–Trinajstić information content (AvgIpc) is 3.15. The van der Waals surface area contributed by atoms with Gasteiger partial charge in [-0.05, 0) is 74.0 Å². The van der Waals surface area contributed by atoms with Gasteiger partial charge in [0, 0.05) is 0 Å². The van der Waals surface area contributed by atoms with Gasteiger partial charge in [-0.15, -0.1) is 0 Å². The highest BCUT2D eigenvalue weighted by atomic mass is 16.2. The standard InChI is InChI=1S/C18H26N2O/c1-16-5-12-6-17(2,9-16)11-18(7-12,10-16)15(21)20-14(8-19)13-3-4-13/h12-14H,3-7,9-11H2,1-2H3,(H,20,21). The number of carbonyl (C=O) groups is 1. The third-order valence-corrected chi connectivity index (χ3v) is 6.63. The van der Waals surface area contributed by atoms with Crippen molar-refractivity contribution in [2.45, 2.75) is 71.3 Å². The van der Waals surface area contributed by atoms with Crippen LogP contribution in [0.2, 0.25) is 0 Å². The van der Waals surface area contributed by atoms with E-state index in [1.807, 2.05) is 0 Å². The lowest BCUT2D eigenvalue weighted by Gasteiger charge is -2.64. The lowest BCUT2D eigenvalue weighted by atomic mass is 9.40. The van der Waals surface area contributed by atoms with E-state index in [-0.39, 0.29) is 17.4 Å². The molecule has 5 aliphatic carbocycles. The molecule has 4 bridgehead atoms. The molecule has 1 amide bonds. The SMILES string of the molecule is CC12CC3CC(C)(C1)CC(C(=O)NC(C#N)C1CC1)(C3)C2. The van der Waals surface area contributed by atoms with Crippen LogP contribution in [0.4, 0.5) is 0 Å². The molecular weight excluding hydrogens is 260 g/mol. The summed E-state index contributed by atoms with van der Waals surface area (Å²) in [7, 11) is 0. The van der Waals surface area contributed by atoms with Crippen LogP contribution in [0.15, 0.2) is 0 Å². The second kappa shape index (κ2) is 4.03. The first-order valence-corrected chi connectivity index (χ1v) is 8.56. The maximum Gasteiger partial charge on any atom is 0.227 e. The van der Waals surface area contributed by atoms with Crippen LogP contribution >= 0.6 is 0 Å². The first-order chi connectivity index (χ1) is 9.85. The summed E-state index contributed by atoms with van der Waals surface area (Å²) in [4.78, 5) is 13.0. The fourth-order valence-corrected chi connectivity index (χ4v) is 6.68. The molecule has 0 saturated heterocycles. The third kappa shape index (κ3) is 2.10. The Bertz CT molecular complexity index is 512. The topological polar surface area (TPSA) is 52.9 Å². The molecule has 0 aromatic rings. The van der Waals surface area contributed by atoms with Crippen molar-refractivity contribution in [3.63, 3.8) is 0 Å². The van der Waals surface area contributed by atoms with Crippen LogP contribution in [0.1, 0.15) is 65.2 Å². The fourth-order valence-electron chi connectivity index (χ4n) is 6.68. The van der Waals surface area contributed by atoms with Crippen LogP contribution in [0.3, 0.4) is 0 Å². The molecule has 0 heterocycles. The van der Waals surface area contributed by atoms with Gasteiger partial charge < -0.3 is 5.32 Å². The minimum absolute atomic E-state index is 0.174. The van der Waals surface area contributed by atoms with Crippen molar-refractivity contribution in [3.05, 3.63) is 0 Å². The highest BCUT2D eigenvalue weighted by Crippen LogP contribution is 2.69. The van der Waals surface area contributed by atoms with Crippen molar-refractivity contribution in [1.82, 2.24) is 5.32 Å². The molecule has 5 rings (SSSR count). The lowest BCUT2D eigenvalue weighted by molar-refractivity contribution is -0.170. The van der Waals surface area contributed by atoms with Gasteiger partial charge in [0.1, 0.15) is 6.04 Å². The predicted octanol–water partition coefficient (Wildman–Crippen LogP) is 3.40. The Morgan fingerprint density at radius 1 is 1.14 bits per heavy atom. The van der Waals surface area contributed by atoms with Crippen LogP contribution in [-0.4, -0.2) is 11.9 Å². The molecule has 5 aliphatic rings. The minimum atomic E-state index is -0.244. The summed E-state index contributed by atoms with van der Waals surface area (Å²) in [6, 6.07) is 2.07. The minimum Gasteiger partial charge on any atom is -0.340 e. The number of carbonyl (C=O) groups excluding carboxylic acids is 1. The molecule has 3 unspecified atom stereocenters. The number of nitriles is 1. The van der Waals surface area contributed by atoms with Crippen LogP contribution in [0, 0.1) is 39.4 Å². The number of amides is 1. The molecule has 0 radical (unpaired) electrons. The zero-order chi connectivity index (χ0) is 14.9. The Morgan fingerprint density at radius 3 is 2.24 bits per heavy atom. The molecule has 3 atom stereocenters. The van der Waals surface area contributed by atoms with Crippen molar-refractivity contribution in [2.24, 2.45) is 28.1 Å². The third-order valence-electron chi connectivity index (χ3n) is 6.63. The summed E-state index contributed by atoms with van der Waals surface area (Å²) >= 11 is 0. The Hall–Kier alpha value is -1.04. The zero-order valence-electron chi connectivity index (χ0n) is 13.2. The monoisotopic (exact) mass is 286 g/mol. The van der Waals surface area contributed by atoms with E-state index in [9.17, 15) is 10.1 Å². The highest BCUT2D eigenvalue weighted by Gasteiger charge is 2.62. The highest BCUT2D eigenvalue weighted by molar-refractivity contribution is 5.84. The van der Waals surface area contributed by atoms with Crippen LogP contribution in [0.5, 0.6) is 0 Å². The number of nitrogens with one attached hydrogen (secondary N) is 1. The summed E-state index contributed by atoms with van der Waals surface area (Å²) in [6.45, 7) is 4.78.